The summed E-state index contributed by atoms with van der Waals surface area (Å²) in [5.41, 5.74) is 0.834. The monoisotopic (exact) mass is 577 g/mol. The third kappa shape index (κ3) is 9.21. The minimum absolute atomic E-state index is 0.0553. The standard InChI is InChI=1S/C22H26ClN3O4S.C2HF3O2/c1-2-13-24-21(27)16-11-14-26(15-12-16)22(28)17-3-7-19(8-4-17)25-31(29,30)20-9-5-18(23)6-10-20;3-2(4,5)1(6)7/h3-10,16,25H,2,11-15H2,1H3,(H,24,27);(H,6,7). The minimum Gasteiger partial charge on any atom is -0.475 e. The Balaban J connectivity index is 0.000000638. The number of likely N-dealkylation sites (tertiary alicyclic amines) is 1. The molecule has 2 aromatic rings. The zero-order chi connectivity index (χ0) is 28.5. The highest BCUT2D eigenvalue weighted by atomic mass is 35.5. The molecule has 2 amide bonds. The smallest absolute Gasteiger partial charge is 0.475 e. The van der Waals surface area contributed by atoms with E-state index >= 15 is 0 Å². The number of hydrogen-bond donors (Lipinski definition) is 3. The number of hydrogen-bond acceptors (Lipinski definition) is 5. The van der Waals surface area contributed by atoms with Crippen molar-refractivity contribution >= 4 is 45.1 Å². The summed E-state index contributed by atoms with van der Waals surface area (Å²) in [6.07, 6.45) is -2.91. The minimum atomic E-state index is -5.08. The second-order valence-electron chi connectivity index (χ2n) is 8.30. The first kappa shape index (κ1) is 30.9. The summed E-state index contributed by atoms with van der Waals surface area (Å²) in [5.74, 6) is -2.88. The lowest BCUT2D eigenvalue weighted by Crippen LogP contribution is -2.43. The molecule has 0 atom stereocenters. The molecule has 0 unspecified atom stereocenters. The van der Waals surface area contributed by atoms with Gasteiger partial charge in [0.15, 0.2) is 0 Å². The number of nitrogens with zero attached hydrogens (tertiary/aromatic N) is 1. The van der Waals surface area contributed by atoms with E-state index in [9.17, 15) is 31.2 Å². The third-order valence-electron chi connectivity index (χ3n) is 5.45. The summed E-state index contributed by atoms with van der Waals surface area (Å²) in [6.45, 7) is 3.73. The van der Waals surface area contributed by atoms with Crippen molar-refractivity contribution in [1.29, 1.82) is 0 Å². The van der Waals surface area contributed by atoms with Crippen molar-refractivity contribution in [3.63, 3.8) is 0 Å². The first-order valence-corrected chi connectivity index (χ1v) is 13.4. The molecular formula is C24H27ClF3N3O6S. The van der Waals surface area contributed by atoms with Gasteiger partial charge in [-0.3, -0.25) is 14.3 Å². The molecule has 9 nitrogen and oxygen atoms in total. The predicted molar refractivity (Wildman–Crippen MR) is 134 cm³/mol. The number of carboxylic acid groups (broad SMARTS) is 1. The number of carboxylic acids is 1. The molecule has 0 aromatic heterocycles. The van der Waals surface area contributed by atoms with Gasteiger partial charge in [-0.15, -0.1) is 0 Å². The number of benzene rings is 2. The van der Waals surface area contributed by atoms with Crippen LogP contribution < -0.4 is 10.0 Å². The summed E-state index contributed by atoms with van der Waals surface area (Å²) in [4.78, 5) is 35.6. The number of piperidine rings is 1. The highest BCUT2D eigenvalue weighted by molar-refractivity contribution is 7.92. The second-order valence-corrected chi connectivity index (χ2v) is 10.4. The molecule has 1 saturated heterocycles. The highest BCUT2D eigenvalue weighted by Gasteiger charge is 2.38. The van der Waals surface area contributed by atoms with Crippen molar-refractivity contribution in [1.82, 2.24) is 10.2 Å². The van der Waals surface area contributed by atoms with Gasteiger partial charge in [-0.05, 0) is 67.8 Å². The van der Waals surface area contributed by atoms with E-state index in [1.807, 2.05) is 6.92 Å². The number of rotatable bonds is 7. The maximum Gasteiger partial charge on any atom is 0.490 e. The average Bonchev–Trinajstić information content (AvgIpc) is 2.87. The molecule has 3 rings (SSSR count). The van der Waals surface area contributed by atoms with Gasteiger partial charge in [-0.25, -0.2) is 13.2 Å². The van der Waals surface area contributed by atoms with Gasteiger partial charge in [0.05, 0.1) is 4.90 Å². The fraction of sp³-hybridized carbons (Fsp3) is 0.375. The Bertz CT molecular complexity index is 1210. The number of amides is 2. The van der Waals surface area contributed by atoms with Gasteiger partial charge >= 0.3 is 12.1 Å². The number of halogens is 4. The fourth-order valence-corrected chi connectivity index (χ4v) is 4.61. The van der Waals surface area contributed by atoms with E-state index in [0.717, 1.165) is 6.42 Å². The van der Waals surface area contributed by atoms with E-state index < -0.39 is 22.2 Å². The molecule has 1 fully saturated rings. The Kier molecular flexibility index (Phi) is 11.0. The summed E-state index contributed by atoms with van der Waals surface area (Å²) in [7, 11) is -3.75. The van der Waals surface area contributed by atoms with Gasteiger partial charge < -0.3 is 15.3 Å². The van der Waals surface area contributed by atoms with Crippen LogP contribution in [0.15, 0.2) is 53.4 Å². The zero-order valence-electron chi connectivity index (χ0n) is 20.3. The number of nitrogens with one attached hydrogen (secondary N) is 2. The molecule has 1 aliphatic heterocycles. The SMILES string of the molecule is CCCNC(=O)C1CCN(C(=O)c2ccc(NS(=O)(=O)c3ccc(Cl)cc3)cc2)CC1.O=C(O)C(F)(F)F. The van der Waals surface area contributed by atoms with Crippen LogP contribution in [0.3, 0.4) is 0 Å². The predicted octanol–water partition coefficient (Wildman–Crippen LogP) is 4.15. The van der Waals surface area contributed by atoms with E-state index in [4.69, 9.17) is 21.5 Å². The summed E-state index contributed by atoms with van der Waals surface area (Å²) < 4.78 is 59.2. The Morgan fingerprint density at radius 3 is 2.03 bits per heavy atom. The molecule has 0 bridgehead atoms. The molecule has 14 heteroatoms. The van der Waals surface area contributed by atoms with Crippen molar-refractivity contribution in [3.05, 3.63) is 59.1 Å². The Labute approximate surface area is 223 Å². The average molecular weight is 578 g/mol. The molecule has 2 aromatic carbocycles. The molecule has 0 aliphatic carbocycles. The zero-order valence-corrected chi connectivity index (χ0v) is 21.9. The van der Waals surface area contributed by atoms with Crippen LogP contribution in [0, 0.1) is 5.92 Å². The van der Waals surface area contributed by atoms with Crippen LogP contribution in [-0.2, 0) is 19.6 Å². The second kappa shape index (κ2) is 13.5. The molecule has 1 aliphatic rings. The number of sulfonamides is 1. The van der Waals surface area contributed by atoms with Gasteiger partial charge in [-0.1, -0.05) is 18.5 Å². The van der Waals surface area contributed by atoms with E-state index in [-0.39, 0.29) is 22.6 Å². The lowest BCUT2D eigenvalue weighted by Gasteiger charge is -2.31. The molecule has 0 radical (unpaired) electrons. The van der Waals surface area contributed by atoms with Crippen LogP contribution in [0.1, 0.15) is 36.5 Å². The lowest BCUT2D eigenvalue weighted by atomic mass is 9.95. The molecular weight excluding hydrogens is 551 g/mol. The van der Waals surface area contributed by atoms with Gasteiger partial charge in [-0.2, -0.15) is 13.2 Å². The third-order valence-corrected chi connectivity index (χ3v) is 7.10. The van der Waals surface area contributed by atoms with Gasteiger partial charge in [0.2, 0.25) is 5.91 Å². The molecule has 0 saturated carbocycles. The van der Waals surface area contributed by atoms with E-state index in [0.29, 0.717) is 48.7 Å². The van der Waals surface area contributed by atoms with Crippen LogP contribution in [0.25, 0.3) is 0 Å². The topological polar surface area (TPSA) is 133 Å². The Morgan fingerprint density at radius 2 is 1.55 bits per heavy atom. The van der Waals surface area contributed by atoms with Crippen LogP contribution in [0.4, 0.5) is 18.9 Å². The normalized spacial score (nSPS) is 14.2. The Morgan fingerprint density at radius 1 is 1.03 bits per heavy atom. The van der Waals surface area contributed by atoms with Crippen LogP contribution in [0.2, 0.25) is 5.02 Å². The van der Waals surface area contributed by atoms with Crippen LogP contribution in [-0.4, -0.2) is 62.0 Å². The summed E-state index contributed by atoms with van der Waals surface area (Å²) >= 11 is 5.81. The summed E-state index contributed by atoms with van der Waals surface area (Å²) in [6, 6.07) is 12.2. The fourth-order valence-electron chi connectivity index (χ4n) is 3.43. The lowest BCUT2D eigenvalue weighted by molar-refractivity contribution is -0.192. The van der Waals surface area contributed by atoms with Crippen LogP contribution >= 0.6 is 11.6 Å². The number of carbonyl (C=O) groups is 3. The van der Waals surface area contributed by atoms with Crippen molar-refractivity contribution in [3.8, 4) is 0 Å². The maximum atomic E-state index is 12.8. The Hall–Kier alpha value is -3.32. The number of aliphatic carboxylic acids is 1. The van der Waals surface area contributed by atoms with E-state index in [1.165, 1.54) is 24.3 Å². The quantitative estimate of drug-likeness (QED) is 0.453. The van der Waals surface area contributed by atoms with Crippen LogP contribution in [0.5, 0.6) is 0 Å². The first-order chi connectivity index (χ1) is 17.7. The first-order valence-electron chi connectivity index (χ1n) is 11.5. The summed E-state index contributed by atoms with van der Waals surface area (Å²) in [5, 5.41) is 10.5. The number of anilines is 1. The van der Waals surface area contributed by atoms with E-state index in [2.05, 4.69) is 10.0 Å². The largest absolute Gasteiger partial charge is 0.490 e. The molecule has 208 valence electrons. The van der Waals surface area contributed by atoms with Crippen molar-refractivity contribution in [2.24, 2.45) is 5.92 Å². The maximum absolute atomic E-state index is 12.8. The number of carbonyl (C=O) groups excluding carboxylic acids is 2. The highest BCUT2D eigenvalue weighted by Crippen LogP contribution is 2.22. The van der Waals surface area contributed by atoms with Crippen molar-refractivity contribution in [2.45, 2.75) is 37.3 Å². The molecule has 1 heterocycles. The molecule has 38 heavy (non-hydrogen) atoms. The molecule has 0 spiro atoms. The van der Waals surface area contributed by atoms with Gasteiger partial charge in [0.25, 0.3) is 15.9 Å². The van der Waals surface area contributed by atoms with E-state index in [1.54, 1.807) is 29.2 Å². The van der Waals surface area contributed by atoms with Gasteiger partial charge in [0, 0.05) is 41.8 Å². The van der Waals surface area contributed by atoms with Crippen molar-refractivity contribution < 1.29 is 41.1 Å². The van der Waals surface area contributed by atoms with Crippen molar-refractivity contribution in [2.75, 3.05) is 24.4 Å². The molecule has 3 N–H and O–H groups in total. The van der Waals surface area contributed by atoms with Gasteiger partial charge in [0.1, 0.15) is 0 Å². The number of alkyl halides is 3.